The van der Waals surface area contributed by atoms with E-state index in [1.165, 1.54) is 11.1 Å². The summed E-state index contributed by atoms with van der Waals surface area (Å²) in [5, 5.41) is 3.27. The molecular formula is C12H15N3O. The third-order valence-corrected chi connectivity index (χ3v) is 2.71. The summed E-state index contributed by atoms with van der Waals surface area (Å²) in [5.74, 6) is 4.81. The zero-order valence-electron chi connectivity index (χ0n) is 8.99. The predicted octanol–water partition coefficient (Wildman–Crippen LogP) is 0.667. The third-order valence-electron chi connectivity index (χ3n) is 2.71. The fourth-order valence-electron chi connectivity index (χ4n) is 1.80. The molecule has 0 atom stereocenters. The standard InChI is InChI=1S/C12H15N3O/c13-15-12(16)11-3-1-9(2-4-11)10-5-7-14-8-6-10/h1-5,14H,6-8,13H2,(H,15,16). The highest BCUT2D eigenvalue weighted by molar-refractivity contribution is 5.94. The van der Waals surface area contributed by atoms with E-state index in [1.807, 2.05) is 12.1 Å². The molecule has 1 heterocycles. The van der Waals surface area contributed by atoms with Crippen LogP contribution in [0.5, 0.6) is 0 Å². The van der Waals surface area contributed by atoms with Crippen LogP contribution in [0.4, 0.5) is 0 Å². The summed E-state index contributed by atoms with van der Waals surface area (Å²) >= 11 is 0. The number of nitrogens with two attached hydrogens (primary N) is 1. The highest BCUT2D eigenvalue weighted by Gasteiger charge is 2.07. The largest absolute Gasteiger partial charge is 0.313 e. The van der Waals surface area contributed by atoms with Crippen LogP contribution < -0.4 is 16.6 Å². The van der Waals surface area contributed by atoms with E-state index in [9.17, 15) is 4.79 Å². The normalized spacial score (nSPS) is 15.4. The highest BCUT2D eigenvalue weighted by atomic mass is 16.2. The van der Waals surface area contributed by atoms with Gasteiger partial charge in [0.1, 0.15) is 0 Å². The summed E-state index contributed by atoms with van der Waals surface area (Å²) in [6.45, 7) is 1.93. The molecule has 0 unspecified atom stereocenters. The van der Waals surface area contributed by atoms with Crippen molar-refractivity contribution < 1.29 is 4.79 Å². The zero-order chi connectivity index (χ0) is 11.4. The first-order chi connectivity index (χ1) is 7.81. The number of hydrogen-bond acceptors (Lipinski definition) is 3. The van der Waals surface area contributed by atoms with E-state index in [4.69, 9.17) is 5.84 Å². The van der Waals surface area contributed by atoms with Crippen LogP contribution in [-0.2, 0) is 0 Å². The van der Waals surface area contributed by atoms with E-state index < -0.39 is 0 Å². The first-order valence-electron chi connectivity index (χ1n) is 5.32. The molecule has 0 fully saturated rings. The Balaban J connectivity index is 2.18. The van der Waals surface area contributed by atoms with Gasteiger partial charge in [0, 0.05) is 12.1 Å². The number of hydrogen-bond donors (Lipinski definition) is 3. The van der Waals surface area contributed by atoms with Gasteiger partial charge >= 0.3 is 0 Å². The van der Waals surface area contributed by atoms with E-state index in [0.29, 0.717) is 5.56 Å². The molecule has 0 saturated carbocycles. The van der Waals surface area contributed by atoms with Crippen LogP contribution in [0, 0.1) is 0 Å². The van der Waals surface area contributed by atoms with Crippen molar-refractivity contribution in [3.63, 3.8) is 0 Å². The van der Waals surface area contributed by atoms with E-state index in [-0.39, 0.29) is 5.91 Å². The van der Waals surface area contributed by atoms with Crippen LogP contribution in [0.2, 0.25) is 0 Å². The highest BCUT2D eigenvalue weighted by Crippen LogP contribution is 2.19. The first-order valence-corrected chi connectivity index (χ1v) is 5.32. The Hall–Kier alpha value is -1.65. The van der Waals surface area contributed by atoms with Crippen molar-refractivity contribution in [2.45, 2.75) is 6.42 Å². The number of carbonyl (C=O) groups excluding carboxylic acids is 1. The van der Waals surface area contributed by atoms with Gasteiger partial charge < -0.3 is 5.32 Å². The number of rotatable bonds is 2. The third kappa shape index (κ3) is 2.29. The molecule has 4 nitrogen and oxygen atoms in total. The van der Waals surface area contributed by atoms with E-state index in [0.717, 1.165) is 19.5 Å². The van der Waals surface area contributed by atoms with Crippen molar-refractivity contribution in [1.29, 1.82) is 0 Å². The number of hydrazine groups is 1. The fraction of sp³-hybridized carbons (Fsp3) is 0.250. The van der Waals surface area contributed by atoms with Gasteiger partial charge in [-0.1, -0.05) is 18.2 Å². The van der Waals surface area contributed by atoms with Crippen molar-refractivity contribution in [3.05, 3.63) is 41.5 Å². The number of nitrogen functional groups attached to an aromatic ring is 1. The van der Waals surface area contributed by atoms with Crippen molar-refractivity contribution >= 4 is 11.5 Å². The molecule has 0 aliphatic carbocycles. The number of nitrogens with one attached hydrogen (secondary N) is 2. The molecule has 0 aromatic heterocycles. The maximum atomic E-state index is 11.2. The molecule has 4 N–H and O–H groups in total. The summed E-state index contributed by atoms with van der Waals surface area (Å²) in [7, 11) is 0. The lowest BCUT2D eigenvalue weighted by Crippen LogP contribution is -2.29. The summed E-state index contributed by atoms with van der Waals surface area (Å²) in [5.41, 5.74) is 5.21. The average molecular weight is 217 g/mol. The van der Waals surface area contributed by atoms with Crippen LogP contribution in [0.3, 0.4) is 0 Å². The summed E-state index contributed by atoms with van der Waals surface area (Å²) in [6, 6.07) is 7.50. The lowest BCUT2D eigenvalue weighted by Gasteiger charge is -2.14. The van der Waals surface area contributed by atoms with Crippen molar-refractivity contribution in [2.75, 3.05) is 13.1 Å². The molecule has 0 bridgehead atoms. The summed E-state index contributed by atoms with van der Waals surface area (Å²) in [6.07, 6.45) is 3.21. The Morgan fingerprint density at radius 1 is 1.31 bits per heavy atom. The van der Waals surface area contributed by atoms with Gasteiger partial charge in [0.2, 0.25) is 0 Å². The molecule has 16 heavy (non-hydrogen) atoms. The molecule has 0 saturated heterocycles. The fourth-order valence-corrected chi connectivity index (χ4v) is 1.80. The Morgan fingerprint density at radius 2 is 2.06 bits per heavy atom. The predicted molar refractivity (Wildman–Crippen MR) is 63.6 cm³/mol. The maximum absolute atomic E-state index is 11.2. The topological polar surface area (TPSA) is 67.1 Å². The Morgan fingerprint density at radius 3 is 2.62 bits per heavy atom. The van der Waals surface area contributed by atoms with Gasteiger partial charge in [0.15, 0.2) is 0 Å². The van der Waals surface area contributed by atoms with Crippen LogP contribution in [0.1, 0.15) is 22.3 Å². The number of amides is 1. The minimum absolute atomic E-state index is 0.258. The molecule has 1 amide bonds. The molecule has 1 aliphatic rings. The van der Waals surface area contributed by atoms with Gasteiger partial charge in [0.05, 0.1) is 0 Å². The lowest BCUT2D eigenvalue weighted by molar-refractivity contribution is 0.0953. The minimum Gasteiger partial charge on any atom is -0.313 e. The van der Waals surface area contributed by atoms with Crippen molar-refractivity contribution in [1.82, 2.24) is 10.7 Å². The molecule has 1 aromatic rings. The molecule has 84 valence electrons. The first kappa shape index (κ1) is 10.9. The van der Waals surface area contributed by atoms with Gasteiger partial charge in [-0.25, -0.2) is 5.84 Å². The second-order valence-corrected chi connectivity index (χ2v) is 3.73. The monoisotopic (exact) mass is 217 g/mol. The smallest absolute Gasteiger partial charge is 0.265 e. The van der Waals surface area contributed by atoms with Gasteiger partial charge in [-0.15, -0.1) is 0 Å². The molecule has 0 radical (unpaired) electrons. The maximum Gasteiger partial charge on any atom is 0.265 e. The van der Waals surface area contributed by atoms with Crippen LogP contribution in [0.25, 0.3) is 5.57 Å². The van der Waals surface area contributed by atoms with Gasteiger partial charge in [0.25, 0.3) is 5.91 Å². The average Bonchev–Trinajstić information content (AvgIpc) is 2.39. The Labute approximate surface area is 94.5 Å². The Kier molecular flexibility index (Phi) is 3.34. The second-order valence-electron chi connectivity index (χ2n) is 3.73. The van der Waals surface area contributed by atoms with E-state index in [1.54, 1.807) is 12.1 Å². The van der Waals surface area contributed by atoms with Crippen molar-refractivity contribution in [3.8, 4) is 0 Å². The Bertz CT molecular complexity index is 409. The van der Waals surface area contributed by atoms with E-state index >= 15 is 0 Å². The van der Waals surface area contributed by atoms with Crippen LogP contribution >= 0.6 is 0 Å². The van der Waals surface area contributed by atoms with Crippen molar-refractivity contribution in [2.24, 2.45) is 5.84 Å². The minimum atomic E-state index is -0.258. The van der Waals surface area contributed by atoms with Crippen LogP contribution in [-0.4, -0.2) is 19.0 Å². The van der Waals surface area contributed by atoms with Gasteiger partial charge in [-0.05, 0) is 36.2 Å². The van der Waals surface area contributed by atoms with Gasteiger partial charge in [-0.2, -0.15) is 0 Å². The lowest BCUT2D eigenvalue weighted by atomic mass is 9.99. The number of benzene rings is 1. The molecule has 2 rings (SSSR count). The molecule has 1 aliphatic heterocycles. The molecule has 4 heteroatoms. The van der Waals surface area contributed by atoms with Gasteiger partial charge in [-0.3, -0.25) is 10.2 Å². The summed E-state index contributed by atoms with van der Waals surface area (Å²) < 4.78 is 0. The van der Waals surface area contributed by atoms with Crippen LogP contribution in [0.15, 0.2) is 30.3 Å². The number of carbonyl (C=O) groups is 1. The second kappa shape index (κ2) is 4.92. The summed E-state index contributed by atoms with van der Waals surface area (Å²) in [4.78, 5) is 11.2. The van der Waals surface area contributed by atoms with E-state index in [2.05, 4.69) is 16.8 Å². The molecule has 1 aromatic carbocycles. The SMILES string of the molecule is NNC(=O)c1ccc(C2=CCNCC2)cc1. The molecular weight excluding hydrogens is 202 g/mol. The zero-order valence-corrected chi connectivity index (χ0v) is 8.99. The molecule has 0 spiro atoms. The quantitative estimate of drug-likeness (QED) is 0.387.